The Kier molecular flexibility index (Phi) is 6.02. The van der Waals surface area contributed by atoms with E-state index in [-0.39, 0.29) is 22.0 Å². The first-order chi connectivity index (χ1) is 17.4. The fraction of sp³-hybridized carbons (Fsp3) is 0. The summed E-state index contributed by atoms with van der Waals surface area (Å²) in [5.74, 6) is -1.40. The number of carbonyl (C=O) groups is 3. The molecule has 2 amide bonds. The maximum absolute atomic E-state index is 13.5. The summed E-state index contributed by atoms with van der Waals surface area (Å²) >= 11 is 5.60. The summed E-state index contributed by atoms with van der Waals surface area (Å²) in [6, 6.07) is 27.3. The van der Waals surface area contributed by atoms with Crippen LogP contribution in [0.5, 0.6) is 0 Å². The Labute approximate surface area is 211 Å². The summed E-state index contributed by atoms with van der Waals surface area (Å²) in [6.45, 7) is 0. The zero-order valence-electron chi connectivity index (χ0n) is 18.7. The number of benzene rings is 3. The van der Waals surface area contributed by atoms with Crippen LogP contribution in [0.4, 0.5) is 11.4 Å². The van der Waals surface area contributed by atoms with Gasteiger partial charge in [-0.05, 0) is 66.8 Å². The van der Waals surface area contributed by atoms with Gasteiger partial charge in [0.2, 0.25) is 0 Å². The van der Waals surface area contributed by atoms with Gasteiger partial charge < -0.3 is 9.52 Å². The molecule has 0 aliphatic carbocycles. The van der Waals surface area contributed by atoms with Gasteiger partial charge >= 0.3 is 5.97 Å². The van der Waals surface area contributed by atoms with Gasteiger partial charge in [-0.2, -0.15) is 0 Å². The largest absolute Gasteiger partial charge is 0.478 e. The van der Waals surface area contributed by atoms with Gasteiger partial charge in [0, 0.05) is 5.56 Å². The smallest absolute Gasteiger partial charge is 0.335 e. The first-order valence-electron chi connectivity index (χ1n) is 10.9. The van der Waals surface area contributed by atoms with Crippen LogP contribution in [0.3, 0.4) is 0 Å². The lowest BCUT2D eigenvalue weighted by Crippen LogP contribution is -2.56. The average molecular weight is 495 g/mol. The molecule has 176 valence electrons. The van der Waals surface area contributed by atoms with E-state index < -0.39 is 17.8 Å². The molecule has 1 aliphatic heterocycles. The SMILES string of the molecule is O=C(O)c1ccc(-c2ccc(C=C3C(=O)N(c4ccccc4)C(=S)N(c4ccccc4)C3=O)o2)cc1. The van der Waals surface area contributed by atoms with E-state index in [9.17, 15) is 14.4 Å². The summed E-state index contributed by atoms with van der Waals surface area (Å²) in [7, 11) is 0. The molecule has 36 heavy (non-hydrogen) atoms. The van der Waals surface area contributed by atoms with E-state index in [2.05, 4.69) is 0 Å². The second-order valence-electron chi connectivity index (χ2n) is 7.88. The number of carboxylic acids is 1. The highest BCUT2D eigenvalue weighted by Crippen LogP contribution is 2.31. The quantitative estimate of drug-likeness (QED) is 0.227. The monoisotopic (exact) mass is 494 g/mol. The normalized spacial score (nSPS) is 13.8. The second kappa shape index (κ2) is 9.44. The summed E-state index contributed by atoms with van der Waals surface area (Å²) < 4.78 is 5.88. The highest BCUT2D eigenvalue weighted by molar-refractivity contribution is 7.81. The maximum Gasteiger partial charge on any atom is 0.335 e. The molecule has 8 heteroatoms. The first-order valence-corrected chi connectivity index (χ1v) is 11.3. The topological polar surface area (TPSA) is 91.1 Å². The number of aromatic carboxylic acids is 1. The van der Waals surface area contributed by atoms with Crippen LogP contribution in [0, 0.1) is 0 Å². The highest BCUT2D eigenvalue weighted by atomic mass is 32.1. The van der Waals surface area contributed by atoms with Gasteiger partial charge in [-0.1, -0.05) is 48.5 Å². The van der Waals surface area contributed by atoms with Crippen LogP contribution in [0.1, 0.15) is 16.1 Å². The third-order valence-corrected chi connectivity index (χ3v) is 5.97. The third-order valence-electron chi connectivity index (χ3n) is 5.61. The molecule has 0 unspecified atom stereocenters. The molecule has 2 heterocycles. The minimum Gasteiger partial charge on any atom is -0.478 e. The van der Waals surface area contributed by atoms with Gasteiger partial charge in [-0.25, -0.2) is 4.79 Å². The zero-order valence-corrected chi connectivity index (χ0v) is 19.5. The van der Waals surface area contributed by atoms with Crippen molar-refractivity contribution in [2.75, 3.05) is 9.80 Å². The van der Waals surface area contributed by atoms with Crippen LogP contribution >= 0.6 is 12.2 Å². The standard InChI is InChI=1S/C28H18N2O5S/c31-25-23(17-22-15-16-24(35-22)18-11-13-19(14-12-18)27(33)34)26(32)30(21-9-5-2-6-10-21)28(36)29(25)20-7-3-1-4-8-20/h1-17H,(H,33,34). The molecule has 0 saturated carbocycles. The fourth-order valence-corrected chi connectivity index (χ4v) is 4.22. The summed E-state index contributed by atoms with van der Waals surface area (Å²) in [5, 5.41) is 9.15. The number of para-hydroxylation sites is 2. The first kappa shape index (κ1) is 22.9. The van der Waals surface area contributed by atoms with E-state index in [0.717, 1.165) is 0 Å². The molecule has 1 fully saturated rings. The van der Waals surface area contributed by atoms with Crippen LogP contribution in [-0.2, 0) is 9.59 Å². The van der Waals surface area contributed by atoms with Crippen LogP contribution in [-0.4, -0.2) is 28.0 Å². The van der Waals surface area contributed by atoms with E-state index in [1.165, 1.54) is 28.0 Å². The van der Waals surface area contributed by atoms with Crippen LogP contribution in [0.15, 0.2) is 107 Å². The number of thiocarbonyl (C=S) groups is 1. The molecule has 0 spiro atoms. The second-order valence-corrected chi connectivity index (χ2v) is 8.24. The van der Waals surface area contributed by atoms with E-state index in [1.807, 2.05) is 12.1 Å². The van der Waals surface area contributed by atoms with Crippen molar-refractivity contribution in [3.8, 4) is 11.3 Å². The van der Waals surface area contributed by atoms with E-state index in [0.29, 0.717) is 22.7 Å². The minimum atomic E-state index is -1.02. The van der Waals surface area contributed by atoms with Crippen molar-refractivity contribution in [2.24, 2.45) is 0 Å². The Bertz CT molecular complexity index is 1450. The molecule has 0 bridgehead atoms. The number of furan rings is 1. The fourth-order valence-electron chi connectivity index (χ4n) is 3.84. The Morgan fingerprint density at radius 1 is 0.750 bits per heavy atom. The predicted octanol–water partition coefficient (Wildman–Crippen LogP) is 5.39. The Balaban J connectivity index is 1.55. The third kappa shape index (κ3) is 4.21. The van der Waals surface area contributed by atoms with Crippen molar-refractivity contribution in [1.29, 1.82) is 0 Å². The number of anilines is 2. The molecule has 7 nitrogen and oxygen atoms in total. The molecular formula is C28H18N2O5S. The molecule has 1 saturated heterocycles. The molecule has 1 aromatic heterocycles. The minimum absolute atomic E-state index is 0.0539. The van der Waals surface area contributed by atoms with Gasteiger partial charge in [-0.3, -0.25) is 19.4 Å². The predicted molar refractivity (Wildman–Crippen MR) is 140 cm³/mol. The zero-order chi connectivity index (χ0) is 25.2. The average Bonchev–Trinajstić information content (AvgIpc) is 3.37. The lowest BCUT2D eigenvalue weighted by atomic mass is 10.1. The van der Waals surface area contributed by atoms with E-state index in [4.69, 9.17) is 21.7 Å². The summed E-state index contributed by atoms with van der Waals surface area (Å²) in [6.07, 6.45) is 1.40. The van der Waals surface area contributed by atoms with Crippen molar-refractivity contribution in [2.45, 2.75) is 0 Å². The number of amides is 2. The molecular weight excluding hydrogens is 476 g/mol. The molecule has 1 aliphatic rings. The summed E-state index contributed by atoms with van der Waals surface area (Å²) in [4.78, 5) is 40.8. The van der Waals surface area contributed by atoms with Crippen molar-refractivity contribution in [3.63, 3.8) is 0 Å². The molecule has 0 radical (unpaired) electrons. The molecule has 5 rings (SSSR count). The number of carboxylic acid groups (broad SMARTS) is 1. The molecule has 3 aromatic carbocycles. The molecule has 4 aromatic rings. The van der Waals surface area contributed by atoms with Crippen LogP contribution in [0.2, 0.25) is 0 Å². The van der Waals surface area contributed by atoms with Crippen molar-refractivity contribution in [1.82, 2.24) is 0 Å². The maximum atomic E-state index is 13.5. The lowest BCUT2D eigenvalue weighted by molar-refractivity contribution is -0.120. The Hall–Kier alpha value is -4.82. The van der Waals surface area contributed by atoms with Crippen molar-refractivity contribution in [3.05, 3.63) is 114 Å². The van der Waals surface area contributed by atoms with E-state index >= 15 is 0 Å². The van der Waals surface area contributed by atoms with Gasteiger partial charge in [0.25, 0.3) is 11.8 Å². The number of nitrogens with zero attached hydrogens (tertiary/aromatic N) is 2. The summed E-state index contributed by atoms with van der Waals surface area (Å²) in [5.41, 5.74) is 1.77. The molecule has 0 atom stereocenters. The van der Waals surface area contributed by atoms with Crippen molar-refractivity contribution >= 4 is 52.6 Å². The Morgan fingerprint density at radius 2 is 1.28 bits per heavy atom. The number of rotatable bonds is 5. The van der Waals surface area contributed by atoms with Crippen LogP contribution < -0.4 is 9.80 Å². The highest BCUT2D eigenvalue weighted by Gasteiger charge is 2.41. The number of hydrogen-bond acceptors (Lipinski definition) is 5. The number of carbonyl (C=O) groups excluding carboxylic acids is 2. The van der Waals surface area contributed by atoms with Gasteiger partial charge in [0.05, 0.1) is 16.9 Å². The Morgan fingerprint density at radius 3 is 1.78 bits per heavy atom. The van der Waals surface area contributed by atoms with Gasteiger partial charge in [0.15, 0.2) is 5.11 Å². The van der Waals surface area contributed by atoms with Gasteiger partial charge in [-0.15, -0.1) is 0 Å². The number of hydrogen-bond donors (Lipinski definition) is 1. The lowest BCUT2D eigenvalue weighted by Gasteiger charge is -2.36. The van der Waals surface area contributed by atoms with Crippen molar-refractivity contribution < 1.29 is 23.9 Å². The van der Waals surface area contributed by atoms with E-state index in [1.54, 1.807) is 72.8 Å². The molecule has 1 N–H and O–H groups in total. The van der Waals surface area contributed by atoms with Crippen LogP contribution in [0.25, 0.3) is 17.4 Å². The van der Waals surface area contributed by atoms with Gasteiger partial charge in [0.1, 0.15) is 17.1 Å².